The van der Waals surface area contributed by atoms with Crippen molar-refractivity contribution in [3.8, 4) is 0 Å². The summed E-state index contributed by atoms with van der Waals surface area (Å²) in [7, 11) is 0. The van der Waals surface area contributed by atoms with Gasteiger partial charge in [0.05, 0.1) is 11.2 Å². The summed E-state index contributed by atoms with van der Waals surface area (Å²) in [4.78, 5) is 66.1. The molecule has 17 heteroatoms. The zero-order chi connectivity index (χ0) is 41.5. The van der Waals surface area contributed by atoms with Crippen LogP contribution in [0.2, 0.25) is 0 Å². The van der Waals surface area contributed by atoms with E-state index < -0.39 is 52.8 Å². The Morgan fingerprint density at radius 2 is 1.55 bits per heavy atom. The van der Waals surface area contributed by atoms with Gasteiger partial charge >= 0.3 is 18.2 Å². The predicted molar refractivity (Wildman–Crippen MR) is 210 cm³/mol. The topological polar surface area (TPSA) is 198 Å². The van der Waals surface area contributed by atoms with Gasteiger partial charge in [0.15, 0.2) is 0 Å². The number of carbonyl (C=O) groups is 4. The molecule has 304 valence electrons. The number of alkyl carbamates (subject to hydrolysis) is 1. The van der Waals surface area contributed by atoms with Gasteiger partial charge in [-0.2, -0.15) is 0 Å². The number of amides is 3. The van der Waals surface area contributed by atoms with Gasteiger partial charge in [0.2, 0.25) is 23.1 Å². The lowest BCUT2D eigenvalue weighted by molar-refractivity contribution is -0.117. The molecule has 3 heterocycles. The van der Waals surface area contributed by atoms with Crippen molar-refractivity contribution in [1.82, 2.24) is 25.0 Å². The molecule has 3 aromatic carbocycles. The molecule has 5 aromatic rings. The SMILES string of the molecule is CCn1cc(C(=O)O)c(=O)c2cc(F)c(N3CCN(C(=O)OCc4ccc(NC(=O)C(C)c5nnc([C@@H](NC(=O)OCc6ccccc6)C(C)C)o5)cc4)CC3)cc21. The largest absolute Gasteiger partial charge is 0.477 e. The lowest BCUT2D eigenvalue weighted by atomic mass is 10.1. The highest BCUT2D eigenvalue weighted by molar-refractivity contribution is 5.95. The molecule has 1 aliphatic rings. The lowest BCUT2D eigenvalue weighted by Gasteiger charge is -2.35. The summed E-state index contributed by atoms with van der Waals surface area (Å²) in [5.74, 6) is -3.17. The molecule has 0 saturated carbocycles. The predicted octanol–water partition coefficient (Wildman–Crippen LogP) is 6.07. The number of carboxylic acids is 1. The first kappa shape index (κ1) is 40.9. The van der Waals surface area contributed by atoms with Crippen molar-refractivity contribution in [2.24, 2.45) is 5.92 Å². The highest BCUT2D eigenvalue weighted by atomic mass is 19.1. The number of hydrogen-bond acceptors (Lipinski definition) is 11. The molecule has 58 heavy (non-hydrogen) atoms. The van der Waals surface area contributed by atoms with Crippen molar-refractivity contribution < 1.29 is 42.6 Å². The van der Waals surface area contributed by atoms with Gasteiger partial charge in [0.1, 0.15) is 36.6 Å². The lowest BCUT2D eigenvalue weighted by Crippen LogP contribution is -2.49. The van der Waals surface area contributed by atoms with E-state index in [4.69, 9.17) is 13.9 Å². The summed E-state index contributed by atoms with van der Waals surface area (Å²) in [6.07, 6.45) is 0.0802. The molecular weight excluding hydrogens is 753 g/mol. The fourth-order valence-electron chi connectivity index (χ4n) is 6.42. The van der Waals surface area contributed by atoms with Crippen LogP contribution in [0.25, 0.3) is 10.9 Å². The van der Waals surface area contributed by atoms with Crippen LogP contribution in [0.3, 0.4) is 0 Å². The molecule has 1 aliphatic heterocycles. The summed E-state index contributed by atoms with van der Waals surface area (Å²) in [6.45, 7) is 8.74. The molecule has 3 N–H and O–H groups in total. The third-order valence-corrected chi connectivity index (χ3v) is 9.82. The molecule has 16 nitrogen and oxygen atoms in total. The average Bonchev–Trinajstić information content (AvgIpc) is 3.71. The number of anilines is 2. The Hall–Kier alpha value is -6.78. The van der Waals surface area contributed by atoms with Crippen LogP contribution < -0.4 is 21.0 Å². The molecule has 0 bridgehead atoms. The first-order chi connectivity index (χ1) is 27.8. The van der Waals surface area contributed by atoms with E-state index in [2.05, 4.69) is 20.8 Å². The number of benzene rings is 3. The van der Waals surface area contributed by atoms with Crippen molar-refractivity contribution >= 4 is 46.3 Å². The summed E-state index contributed by atoms with van der Waals surface area (Å²) in [6, 6.07) is 18.0. The zero-order valence-corrected chi connectivity index (χ0v) is 32.4. The van der Waals surface area contributed by atoms with Crippen molar-refractivity contribution in [1.29, 1.82) is 0 Å². The molecular formula is C41H44FN7O9. The Bertz CT molecular complexity index is 2340. The summed E-state index contributed by atoms with van der Waals surface area (Å²) < 4.78 is 33.6. The molecule has 1 unspecified atom stereocenters. The molecule has 3 amide bonds. The molecule has 0 aliphatic carbocycles. The number of aryl methyl sites for hydroxylation is 1. The van der Waals surface area contributed by atoms with Crippen LogP contribution in [0.15, 0.2) is 82.1 Å². The number of aromatic carboxylic acids is 1. The third-order valence-electron chi connectivity index (χ3n) is 9.82. The van der Waals surface area contributed by atoms with E-state index in [9.17, 15) is 29.1 Å². The quantitative estimate of drug-likeness (QED) is 0.125. The van der Waals surface area contributed by atoms with Crippen molar-refractivity contribution in [3.05, 3.63) is 117 Å². The van der Waals surface area contributed by atoms with Crippen molar-refractivity contribution in [2.75, 3.05) is 36.4 Å². The van der Waals surface area contributed by atoms with Crippen LogP contribution in [-0.2, 0) is 34.0 Å². The molecule has 6 rings (SSSR count). The Morgan fingerprint density at radius 3 is 2.21 bits per heavy atom. The number of rotatable bonds is 13. The number of carbonyl (C=O) groups excluding carboxylic acids is 3. The molecule has 1 fully saturated rings. The Labute approximate surface area is 332 Å². The Morgan fingerprint density at radius 1 is 0.897 bits per heavy atom. The van der Waals surface area contributed by atoms with E-state index in [1.54, 1.807) is 53.6 Å². The zero-order valence-electron chi connectivity index (χ0n) is 32.4. The maximum Gasteiger partial charge on any atom is 0.410 e. The van der Waals surface area contributed by atoms with Gasteiger partial charge in [-0.05, 0) is 55.2 Å². The molecule has 2 aromatic heterocycles. The first-order valence-corrected chi connectivity index (χ1v) is 18.8. The van der Waals surface area contributed by atoms with Crippen molar-refractivity contribution in [3.63, 3.8) is 0 Å². The second-order valence-corrected chi connectivity index (χ2v) is 14.1. The molecule has 0 spiro atoms. The average molecular weight is 798 g/mol. The molecule has 2 atom stereocenters. The van der Waals surface area contributed by atoms with E-state index in [-0.39, 0.29) is 55.1 Å². The van der Waals surface area contributed by atoms with Gasteiger partial charge in [-0.1, -0.05) is 56.3 Å². The number of ether oxygens (including phenoxy) is 2. The second-order valence-electron chi connectivity index (χ2n) is 14.1. The number of halogens is 1. The summed E-state index contributed by atoms with van der Waals surface area (Å²) in [5.41, 5.74) is 1.50. The number of nitrogens with one attached hydrogen (secondary N) is 2. The van der Waals surface area contributed by atoms with Gasteiger partial charge < -0.3 is 44.0 Å². The standard InChI is InChI=1S/C41H44FN7O9/c1-5-47-21-30(39(52)53)35(50)29-19-31(42)33(20-32(29)47)48-15-17-49(18-16-48)41(55)57-23-27-11-13-28(14-12-27)43-36(51)25(4)37-45-46-38(58-37)34(24(2)3)44-40(54)56-22-26-9-7-6-8-10-26/h6-14,19-21,24-25,34H,5,15-18,22-23H2,1-4H3,(H,43,51)(H,44,54)(H,52,53)/t25?,34-/m0/s1. The first-order valence-electron chi connectivity index (χ1n) is 18.8. The van der Waals surface area contributed by atoms with Crippen LogP contribution in [-0.4, -0.2) is 75.0 Å². The fraction of sp³-hybridized carbons (Fsp3) is 0.341. The monoisotopic (exact) mass is 797 g/mol. The summed E-state index contributed by atoms with van der Waals surface area (Å²) in [5, 5.41) is 23.1. The number of hydrogen-bond donors (Lipinski definition) is 3. The normalized spacial score (nSPS) is 13.9. The molecule has 1 saturated heterocycles. The van der Waals surface area contributed by atoms with Gasteiger partial charge in [-0.15, -0.1) is 10.2 Å². The highest BCUT2D eigenvalue weighted by Crippen LogP contribution is 2.28. The maximum absolute atomic E-state index is 15.3. The van der Waals surface area contributed by atoms with E-state index in [1.165, 1.54) is 11.1 Å². The van der Waals surface area contributed by atoms with Gasteiger partial charge in [-0.3, -0.25) is 9.59 Å². The van der Waals surface area contributed by atoms with Gasteiger partial charge in [-0.25, -0.2) is 18.8 Å². The van der Waals surface area contributed by atoms with E-state index in [0.717, 1.165) is 11.6 Å². The Balaban J connectivity index is 0.975. The molecule has 0 radical (unpaired) electrons. The van der Waals surface area contributed by atoms with Crippen LogP contribution in [0.5, 0.6) is 0 Å². The number of piperazine rings is 1. The summed E-state index contributed by atoms with van der Waals surface area (Å²) >= 11 is 0. The highest BCUT2D eigenvalue weighted by Gasteiger charge is 2.29. The number of fused-ring (bicyclic) bond motifs is 1. The minimum absolute atomic E-state index is 0.0149. The minimum atomic E-state index is -1.38. The maximum atomic E-state index is 15.3. The number of carboxylic acid groups (broad SMARTS) is 1. The van der Waals surface area contributed by atoms with Crippen LogP contribution in [0.4, 0.5) is 25.4 Å². The van der Waals surface area contributed by atoms with Crippen molar-refractivity contribution in [2.45, 2.75) is 59.4 Å². The van der Waals surface area contributed by atoms with Gasteiger partial charge in [0.25, 0.3) is 0 Å². The van der Waals surface area contributed by atoms with E-state index in [0.29, 0.717) is 36.4 Å². The smallest absolute Gasteiger partial charge is 0.410 e. The van der Waals surface area contributed by atoms with Gasteiger partial charge in [0, 0.05) is 50.0 Å². The minimum Gasteiger partial charge on any atom is -0.477 e. The number of nitrogens with zero attached hydrogens (tertiary/aromatic N) is 5. The third kappa shape index (κ3) is 9.42. The number of aromatic nitrogens is 3. The van der Waals surface area contributed by atoms with Crippen LogP contribution >= 0.6 is 0 Å². The fourth-order valence-corrected chi connectivity index (χ4v) is 6.42. The number of pyridine rings is 1. The van der Waals surface area contributed by atoms with E-state index in [1.807, 2.05) is 44.2 Å². The van der Waals surface area contributed by atoms with E-state index >= 15 is 4.39 Å². The van der Waals surface area contributed by atoms with Crippen LogP contribution in [0, 0.1) is 11.7 Å². The second kappa shape index (κ2) is 18.0. The van der Waals surface area contributed by atoms with Crippen LogP contribution in [0.1, 0.15) is 72.9 Å². The Kier molecular flexibility index (Phi) is 12.7.